The predicted molar refractivity (Wildman–Crippen MR) is 352 cm³/mol. The number of hydrogen-bond acceptors (Lipinski definition) is 5. The van der Waals surface area contributed by atoms with Crippen LogP contribution < -0.4 is 5.32 Å². The summed E-state index contributed by atoms with van der Waals surface area (Å²) in [5.74, 6) is -0.0251. The van der Waals surface area contributed by atoms with Crippen molar-refractivity contribution in [2.75, 3.05) is 13.2 Å². The molecular weight excluding hydrogens is 983 g/mol. The summed E-state index contributed by atoms with van der Waals surface area (Å²) in [6, 6.07) is -0.540. The Morgan fingerprint density at radius 3 is 1.00 bits per heavy atom. The summed E-state index contributed by atoms with van der Waals surface area (Å²) in [5.41, 5.74) is 0. The molecule has 6 nitrogen and oxygen atoms in total. The van der Waals surface area contributed by atoms with Crippen LogP contribution in [0.4, 0.5) is 0 Å². The van der Waals surface area contributed by atoms with Crippen LogP contribution in [-0.2, 0) is 14.3 Å². The number of amides is 1. The van der Waals surface area contributed by atoms with Crippen molar-refractivity contribution in [2.24, 2.45) is 0 Å². The van der Waals surface area contributed by atoms with Crippen molar-refractivity contribution in [1.29, 1.82) is 0 Å². The van der Waals surface area contributed by atoms with Gasteiger partial charge in [0.15, 0.2) is 0 Å². The molecule has 0 rings (SSSR count). The Labute approximate surface area is 500 Å². The average Bonchev–Trinajstić information content (AvgIpc) is 3.46. The zero-order chi connectivity index (χ0) is 57.8. The fourth-order valence-corrected chi connectivity index (χ4v) is 11.4. The van der Waals surface area contributed by atoms with Gasteiger partial charge in [-0.1, -0.05) is 346 Å². The minimum atomic E-state index is -0.663. The molecule has 3 N–H and O–H groups in total. The smallest absolute Gasteiger partial charge is 0.305 e. The Morgan fingerprint density at radius 1 is 0.350 bits per heavy atom. The van der Waals surface area contributed by atoms with Crippen molar-refractivity contribution in [3.63, 3.8) is 0 Å². The monoisotopic (exact) mass is 1120 g/mol. The molecule has 0 saturated carbocycles. The van der Waals surface area contributed by atoms with Crippen molar-refractivity contribution in [2.45, 2.75) is 411 Å². The molecule has 0 spiro atoms. The van der Waals surface area contributed by atoms with Crippen molar-refractivity contribution < 1.29 is 24.5 Å². The number of nitrogens with one attached hydrogen (secondary N) is 1. The number of esters is 1. The van der Waals surface area contributed by atoms with E-state index in [0.29, 0.717) is 25.9 Å². The average molecular weight is 1120 g/mol. The molecule has 0 aromatic carbocycles. The highest BCUT2D eigenvalue weighted by atomic mass is 16.5. The van der Waals surface area contributed by atoms with Crippen LogP contribution in [0.15, 0.2) is 36.5 Å². The van der Waals surface area contributed by atoms with E-state index in [-0.39, 0.29) is 18.5 Å². The normalized spacial score (nSPS) is 12.7. The Bertz CT molecular complexity index is 1300. The van der Waals surface area contributed by atoms with Gasteiger partial charge in [-0.25, -0.2) is 0 Å². The third kappa shape index (κ3) is 65.2. The first-order valence-corrected chi connectivity index (χ1v) is 36.2. The zero-order valence-electron chi connectivity index (χ0n) is 54.1. The zero-order valence-corrected chi connectivity index (χ0v) is 54.1. The van der Waals surface area contributed by atoms with E-state index in [9.17, 15) is 19.8 Å². The summed E-state index contributed by atoms with van der Waals surface area (Å²) >= 11 is 0. The fourth-order valence-electron chi connectivity index (χ4n) is 11.4. The SMILES string of the molecule is CCCC/C=C\C/C=C\CCCCCCCC(=O)OCCCCCCCCCCCCCC/C=C\CCCCCCCCCCCCCCCCCCC(=O)NC(CO)C(O)CCCCCCCCCCCCCCCCCCC. The van der Waals surface area contributed by atoms with Gasteiger partial charge in [0, 0.05) is 12.8 Å². The number of rotatable bonds is 68. The molecule has 0 aliphatic heterocycles. The molecule has 472 valence electrons. The van der Waals surface area contributed by atoms with Gasteiger partial charge in [0.2, 0.25) is 5.91 Å². The van der Waals surface area contributed by atoms with Gasteiger partial charge >= 0.3 is 5.97 Å². The van der Waals surface area contributed by atoms with E-state index in [1.165, 1.54) is 315 Å². The molecule has 2 atom stereocenters. The van der Waals surface area contributed by atoms with E-state index in [1.54, 1.807) is 0 Å². The second kappa shape index (κ2) is 69.6. The second-order valence-electron chi connectivity index (χ2n) is 24.9. The first kappa shape index (κ1) is 78.1. The molecule has 0 aliphatic rings. The maximum atomic E-state index is 12.5. The van der Waals surface area contributed by atoms with Gasteiger partial charge in [0.05, 0.1) is 25.4 Å². The van der Waals surface area contributed by atoms with Crippen LogP contribution in [0.25, 0.3) is 0 Å². The summed E-state index contributed by atoms with van der Waals surface area (Å²) in [4.78, 5) is 24.6. The number of allylic oxidation sites excluding steroid dienone is 6. The molecule has 0 aromatic heterocycles. The Morgan fingerprint density at radius 2 is 0.637 bits per heavy atom. The van der Waals surface area contributed by atoms with E-state index in [1.807, 2.05) is 0 Å². The number of unbranched alkanes of at least 4 members (excludes halogenated alkanes) is 51. The molecule has 0 heterocycles. The molecule has 80 heavy (non-hydrogen) atoms. The van der Waals surface area contributed by atoms with Crippen LogP contribution in [0.1, 0.15) is 399 Å². The quantitative estimate of drug-likeness (QED) is 0.0320. The summed E-state index contributed by atoms with van der Waals surface area (Å²) in [7, 11) is 0. The standard InChI is InChI=1S/C74H141NO5/c1-3-5-7-9-11-13-15-17-19-36-39-42-46-50-54-58-62-66-72(77)71(70-76)75-73(78)67-63-59-55-51-47-43-40-37-34-32-30-28-26-24-22-20-21-23-25-27-29-31-33-35-38-41-45-49-53-57-61-65-69-80-74(79)68-64-60-56-52-48-44-18-16-14-12-10-8-6-4-2/h10,12,16,18,23,25,71-72,76-77H,3-9,11,13-15,17,19-22,24,26-70H2,1-2H3,(H,75,78)/b12-10-,18-16-,25-23-. The number of aliphatic hydroxyl groups excluding tert-OH is 2. The Hall–Kier alpha value is -1.92. The van der Waals surface area contributed by atoms with E-state index in [0.717, 1.165) is 51.4 Å². The largest absolute Gasteiger partial charge is 0.466 e. The molecule has 0 radical (unpaired) electrons. The van der Waals surface area contributed by atoms with Crippen molar-refractivity contribution in [3.05, 3.63) is 36.5 Å². The third-order valence-electron chi connectivity index (χ3n) is 16.9. The van der Waals surface area contributed by atoms with Gasteiger partial charge in [-0.15, -0.1) is 0 Å². The number of aliphatic hydroxyl groups is 2. The second-order valence-corrected chi connectivity index (χ2v) is 24.9. The lowest BCUT2D eigenvalue weighted by molar-refractivity contribution is -0.143. The highest BCUT2D eigenvalue weighted by molar-refractivity contribution is 5.76. The van der Waals surface area contributed by atoms with Gasteiger partial charge in [0.25, 0.3) is 0 Å². The van der Waals surface area contributed by atoms with Gasteiger partial charge < -0.3 is 20.3 Å². The third-order valence-corrected chi connectivity index (χ3v) is 16.9. The number of carbonyl (C=O) groups is 2. The van der Waals surface area contributed by atoms with E-state index < -0.39 is 12.1 Å². The van der Waals surface area contributed by atoms with Crippen LogP contribution in [0, 0.1) is 0 Å². The highest BCUT2D eigenvalue weighted by Gasteiger charge is 2.20. The first-order valence-electron chi connectivity index (χ1n) is 36.2. The lowest BCUT2D eigenvalue weighted by Crippen LogP contribution is -2.45. The van der Waals surface area contributed by atoms with E-state index in [4.69, 9.17) is 4.74 Å². The number of ether oxygens (including phenoxy) is 1. The van der Waals surface area contributed by atoms with Gasteiger partial charge in [-0.3, -0.25) is 9.59 Å². The van der Waals surface area contributed by atoms with Crippen molar-refractivity contribution >= 4 is 11.9 Å². The minimum absolute atomic E-state index is 0.00389. The summed E-state index contributed by atoms with van der Waals surface area (Å²) in [6.07, 6.45) is 89.2. The highest BCUT2D eigenvalue weighted by Crippen LogP contribution is 2.19. The van der Waals surface area contributed by atoms with E-state index in [2.05, 4.69) is 55.6 Å². The molecule has 0 fully saturated rings. The molecule has 0 aromatic rings. The molecule has 0 bridgehead atoms. The van der Waals surface area contributed by atoms with Gasteiger partial charge in [-0.05, 0) is 77.0 Å². The predicted octanol–water partition coefficient (Wildman–Crippen LogP) is 23.5. The van der Waals surface area contributed by atoms with Crippen molar-refractivity contribution in [1.82, 2.24) is 5.32 Å². The van der Waals surface area contributed by atoms with E-state index >= 15 is 0 Å². The Kier molecular flexibility index (Phi) is 67.9. The van der Waals surface area contributed by atoms with Crippen LogP contribution in [-0.4, -0.2) is 47.4 Å². The molecule has 2 unspecified atom stereocenters. The fraction of sp³-hybridized carbons (Fsp3) is 0.892. The maximum Gasteiger partial charge on any atom is 0.305 e. The van der Waals surface area contributed by atoms with Gasteiger partial charge in [0.1, 0.15) is 0 Å². The minimum Gasteiger partial charge on any atom is -0.466 e. The van der Waals surface area contributed by atoms with Crippen LogP contribution in [0.3, 0.4) is 0 Å². The summed E-state index contributed by atoms with van der Waals surface area (Å²) in [6.45, 7) is 4.94. The van der Waals surface area contributed by atoms with Crippen LogP contribution >= 0.6 is 0 Å². The number of hydrogen-bond donors (Lipinski definition) is 3. The van der Waals surface area contributed by atoms with Crippen molar-refractivity contribution in [3.8, 4) is 0 Å². The lowest BCUT2D eigenvalue weighted by Gasteiger charge is -2.22. The lowest BCUT2D eigenvalue weighted by atomic mass is 10.0. The maximum absolute atomic E-state index is 12.5. The summed E-state index contributed by atoms with van der Waals surface area (Å²) in [5, 5.41) is 23.4. The summed E-state index contributed by atoms with van der Waals surface area (Å²) < 4.78 is 5.48. The first-order chi connectivity index (χ1) is 39.5. The molecule has 6 heteroatoms. The number of carbonyl (C=O) groups excluding carboxylic acids is 2. The molecule has 0 saturated heterocycles. The Balaban J connectivity index is 3.36. The molecular formula is C74H141NO5. The van der Waals surface area contributed by atoms with Crippen LogP contribution in [0.2, 0.25) is 0 Å². The van der Waals surface area contributed by atoms with Gasteiger partial charge in [-0.2, -0.15) is 0 Å². The topological polar surface area (TPSA) is 95.9 Å². The molecule has 1 amide bonds. The molecule has 0 aliphatic carbocycles. The van der Waals surface area contributed by atoms with Crippen LogP contribution in [0.5, 0.6) is 0 Å².